The van der Waals surface area contributed by atoms with E-state index in [0.29, 0.717) is 27.8 Å². The number of aliphatic hydroxyl groups excluding tert-OH is 1. The van der Waals surface area contributed by atoms with Crippen molar-refractivity contribution in [3.05, 3.63) is 45.7 Å². The third kappa shape index (κ3) is 3.76. The highest BCUT2D eigenvalue weighted by atomic mass is 35.5. The second-order valence-electron chi connectivity index (χ2n) is 5.30. The monoisotopic (exact) mass is 342 g/mol. The Hall–Kier alpha value is -1.63. The van der Waals surface area contributed by atoms with Gasteiger partial charge in [-0.3, -0.25) is 4.79 Å². The molecule has 0 spiro atoms. The number of benzene rings is 1. The molecule has 0 unspecified atom stereocenters. The molecule has 1 heterocycles. The highest BCUT2D eigenvalue weighted by Crippen LogP contribution is 2.24. The maximum Gasteiger partial charge on any atom is 0.252 e. The van der Waals surface area contributed by atoms with Crippen LogP contribution >= 0.6 is 23.2 Å². The zero-order chi connectivity index (χ0) is 16.3. The van der Waals surface area contributed by atoms with Crippen molar-refractivity contribution in [2.24, 2.45) is 0 Å². The summed E-state index contributed by atoms with van der Waals surface area (Å²) >= 11 is 11.8. The van der Waals surface area contributed by atoms with E-state index in [1.807, 2.05) is 13.8 Å². The van der Waals surface area contributed by atoms with Crippen molar-refractivity contribution in [3.63, 3.8) is 0 Å². The molecule has 6 nitrogen and oxygen atoms in total. The Balaban J connectivity index is 2.15. The second kappa shape index (κ2) is 6.64. The summed E-state index contributed by atoms with van der Waals surface area (Å²) in [6.45, 7) is 3.95. The molecule has 0 saturated carbocycles. The van der Waals surface area contributed by atoms with Crippen LogP contribution in [0.5, 0.6) is 0 Å². The topological polar surface area (TPSA) is 80.0 Å². The first-order valence-electron chi connectivity index (χ1n) is 6.62. The van der Waals surface area contributed by atoms with Crippen LogP contribution in [0.4, 0.5) is 0 Å². The minimum atomic E-state index is -0.725. The molecule has 0 radical (unpaired) electrons. The number of aliphatic hydroxyl groups is 1. The minimum Gasteiger partial charge on any atom is -0.394 e. The molecule has 1 amide bonds. The number of halogens is 2. The van der Waals surface area contributed by atoms with E-state index in [0.717, 1.165) is 0 Å². The number of aromatic nitrogens is 3. The molecule has 1 aromatic heterocycles. The van der Waals surface area contributed by atoms with Gasteiger partial charge in [0.05, 0.1) is 34.9 Å². The number of rotatable bonds is 5. The van der Waals surface area contributed by atoms with Gasteiger partial charge in [0.2, 0.25) is 0 Å². The molecule has 2 N–H and O–H groups in total. The summed E-state index contributed by atoms with van der Waals surface area (Å²) in [5.74, 6) is -0.291. The molecule has 2 aromatic rings. The molecule has 0 aliphatic carbocycles. The Morgan fingerprint density at radius 3 is 2.73 bits per heavy atom. The van der Waals surface area contributed by atoms with Gasteiger partial charge in [0.15, 0.2) is 0 Å². The van der Waals surface area contributed by atoms with Gasteiger partial charge in [-0.2, -0.15) is 0 Å². The smallest absolute Gasteiger partial charge is 0.252 e. The van der Waals surface area contributed by atoms with E-state index >= 15 is 0 Å². The van der Waals surface area contributed by atoms with Gasteiger partial charge >= 0.3 is 0 Å². The van der Waals surface area contributed by atoms with E-state index in [9.17, 15) is 4.79 Å². The first-order chi connectivity index (χ1) is 10.3. The molecule has 0 saturated heterocycles. The highest BCUT2D eigenvalue weighted by molar-refractivity contribution is 6.42. The Kier molecular flexibility index (Phi) is 5.05. The predicted octanol–water partition coefficient (Wildman–Crippen LogP) is 2.24. The standard InChI is InChI=1S/C14H16Cl2N4O2/c1-14(2,12-8-20(5-6-21)19-18-12)17-13(22)9-3-4-10(15)11(16)7-9/h3-4,7-8,21H,5-6H2,1-2H3,(H,17,22). The van der Waals surface area contributed by atoms with Gasteiger partial charge in [-0.25, -0.2) is 4.68 Å². The third-order valence-corrected chi connectivity index (χ3v) is 3.85. The Morgan fingerprint density at radius 2 is 2.09 bits per heavy atom. The minimum absolute atomic E-state index is 0.0289. The van der Waals surface area contributed by atoms with Crippen molar-refractivity contribution < 1.29 is 9.90 Å². The van der Waals surface area contributed by atoms with Gasteiger partial charge in [0, 0.05) is 5.56 Å². The van der Waals surface area contributed by atoms with Crippen LogP contribution < -0.4 is 5.32 Å². The van der Waals surface area contributed by atoms with Gasteiger partial charge in [-0.15, -0.1) is 5.10 Å². The molecule has 2 rings (SSSR count). The first kappa shape index (κ1) is 16.7. The van der Waals surface area contributed by atoms with Crippen molar-refractivity contribution in [2.45, 2.75) is 25.9 Å². The second-order valence-corrected chi connectivity index (χ2v) is 6.11. The summed E-state index contributed by atoms with van der Waals surface area (Å²) in [5, 5.41) is 20.4. The summed E-state index contributed by atoms with van der Waals surface area (Å²) < 4.78 is 1.52. The van der Waals surface area contributed by atoms with Crippen molar-refractivity contribution >= 4 is 29.1 Å². The fourth-order valence-electron chi connectivity index (χ4n) is 1.85. The van der Waals surface area contributed by atoms with Crippen LogP contribution in [0, 0.1) is 0 Å². The summed E-state index contributed by atoms with van der Waals surface area (Å²) in [5.41, 5.74) is 0.274. The molecule has 0 aliphatic heterocycles. The van der Waals surface area contributed by atoms with E-state index in [1.54, 1.807) is 18.3 Å². The van der Waals surface area contributed by atoms with Gasteiger partial charge < -0.3 is 10.4 Å². The number of carbonyl (C=O) groups is 1. The van der Waals surface area contributed by atoms with Gasteiger partial charge in [-0.1, -0.05) is 28.4 Å². The van der Waals surface area contributed by atoms with Crippen LogP contribution in [0.3, 0.4) is 0 Å². The maximum absolute atomic E-state index is 12.3. The van der Waals surface area contributed by atoms with Crippen molar-refractivity contribution in [1.82, 2.24) is 20.3 Å². The lowest BCUT2D eigenvalue weighted by Crippen LogP contribution is -2.41. The number of nitrogens with zero attached hydrogens (tertiary/aromatic N) is 3. The lowest BCUT2D eigenvalue weighted by Gasteiger charge is -2.23. The zero-order valence-electron chi connectivity index (χ0n) is 12.2. The normalized spacial score (nSPS) is 11.5. The Labute approximate surface area is 138 Å². The lowest BCUT2D eigenvalue weighted by atomic mass is 10.0. The number of carbonyl (C=O) groups excluding carboxylic acids is 1. The number of amides is 1. The SMILES string of the molecule is CC(C)(NC(=O)c1ccc(Cl)c(Cl)c1)c1cn(CCO)nn1. The summed E-state index contributed by atoms with van der Waals surface area (Å²) in [6, 6.07) is 4.68. The molecule has 22 heavy (non-hydrogen) atoms. The fourth-order valence-corrected chi connectivity index (χ4v) is 2.15. The van der Waals surface area contributed by atoms with Crippen LogP contribution in [0.2, 0.25) is 10.0 Å². The molecule has 0 fully saturated rings. The van der Waals surface area contributed by atoms with Crippen LogP contribution in [0.25, 0.3) is 0 Å². The Bertz CT molecular complexity index is 685. The van der Waals surface area contributed by atoms with Gasteiger partial charge in [-0.05, 0) is 32.0 Å². The van der Waals surface area contributed by atoms with Crippen molar-refractivity contribution in [3.8, 4) is 0 Å². The van der Waals surface area contributed by atoms with E-state index in [4.69, 9.17) is 28.3 Å². The molecule has 118 valence electrons. The first-order valence-corrected chi connectivity index (χ1v) is 7.38. The van der Waals surface area contributed by atoms with E-state index < -0.39 is 5.54 Å². The van der Waals surface area contributed by atoms with Crippen molar-refractivity contribution in [2.75, 3.05) is 6.61 Å². The van der Waals surface area contributed by atoms with Crippen LogP contribution in [-0.4, -0.2) is 32.6 Å². The number of hydrogen-bond donors (Lipinski definition) is 2. The van der Waals surface area contributed by atoms with Gasteiger partial charge in [0.1, 0.15) is 5.69 Å². The number of nitrogens with one attached hydrogen (secondary N) is 1. The fraction of sp³-hybridized carbons (Fsp3) is 0.357. The van der Waals surface area contributed by atoms with Crippen molar-refractivity contribution in [1.29, 1.82) is 0 Å². The molecule has 0 atom stereocenters. The molecule has 0 bridgehead atoms. The summed E-state index contributed by atoms with van der Waals surface area (Å²) in [7, 11) is 0. The molecule has 8 heteroatoms. The molecule has 0 aliphatic rings. The predicted molar refractivity (Wildman–Crippen MR) is 84.1 cm³/mol. The molecular weight excluding hydrogens is 327 g/mol. The summed E-state index contributed by atoms with van der Waals surface area (Å²) in [4.78, 5) is 12.3. The average molecular weight is 343 g/mol. The van der Waals surface area contributed by atoms with Gasteiger partial charge in [0.25, 0.3) is 5.91 Å². The van der Waals surface area contributed by atoms with Crippen LogP contribution in [-0.2, 0) is 12.1 Å². The Morgan fingerprint density at radius 1 is 1.36 bits per heavy atom. The quantitative estimate of drug-likeness (QED) is 0.873. The van der Waals surface area contributed by atoms with E-state index in [-0.39, 0.29) is 12.5 Å². The largest absolute Gasteiger partial charge is 0.394 e. The van der Waals surface area contributed by atoms with Crippen LogP contribution in [0.15, 0.2) is 24.4 Å². The lowest BCUT2D eigenvalue weighted by molar-refractivity contribution is 0.0910. The maximum atomic E-state index is 12.3. The third-order valence-electron chi connectivity index (χ3n) is 3.12. The zero-order valence-corrected chi connectivity index (χ0v) is 13.7. The molecule has 1 aromatic carbocycles. The average Bonchev–Trinajstić information content (AvgIpc) is 2.91. The van der Waals surface area contributed by atoms with E-state index in [1.165, 1.54) is 10.7 Å². The summed E-state index contributed by atoms with van der Waals surface area (Å²) in [6.07, 6.45) is 1.69. The van der Waals surface area contributed by atoms with Crippen LogP contribution in [0.1, 0.15) is 29.9 Å². The highest BCUT2D eigenvalue weighted by Gasteiger charge is 2.27. The number of hydrogen-bond acceptors (Lipinski definition) is 4. The molecular formula is C14H16Cl2N4O2. The van der Waals surface area contributed by atoms with E-state index in [2.05, 4.69) is 15.6 Å².